The van der Waals surface area contributed by atoms with E-state index in [0.29, 0.717) is 26.2 Å². The number of piperazine rings is 1. The molecule has 1 fully saturated rings. The molecule has 1 saturated heterocycles. The highest BCUT2D eigenvalue weighted by atomic mass is 127. The maximum atomic E-state index is 11.6. The molecule has 170 valence electrons. The second kappa shape index (κ2) is 13.7. The van der Waals surface area contributed by atoms with Crippen LogP contribution in [-0.4, -0.2) is 55.3 Å². The summed E-state index contributed by atoms with van der Waals surface area (Å²) in [7, 11) is 0. The number of benzene rings is 1. The van der Waals surface area contributed by atoms with Crippen LogP contribution in [0.3, 0.4) is 0 Å². The molecule has 0 aromatic heterocycles. The van der Waals surface area contributed by atoms with Gasteiger partial charge in [0.05, 0.1) is 18.7 Å². The first kappa shape index (κ1) is 26.5. The number of hydrogen-bond acceptors (Lipinski definition) is 4. The fraction of sp³-hybridized carbons (Fsp3) is 0.636. The van der Waals surface area contributed by atoms with Crippen molar-refractivity contribution in [2.45, 2.75) is 58.6 Å². The van der Waals surface area contributed by atoms with Crippen molar-refractivity contribution < 1.29 is 9.90 Å². The maximum absolute atomic E-state index is 11.6. The quantitative estimate of drug-likeness (QED) is 0.212. The highest BCUT2D eigenvalue weighted by Crippen LogP contribution is 2.19. The lowest BCUT2D eigenvalue weighted by molar-refractivity contribution is -0.120. The van der Waals surface area contributed by atoms with E-state index < -0.39 is 5.60 Å². The summed E-state index contributed by atoms with van der Waals surface area (Å²) in [5.74, 6) is 0.785. The summed E-state index contributed by atoms with van der Waals surface area (Å²) in [4.78, 5) is 18.3. The molecule has 0 aliphatic carbocycles. The fourth-order valence-corrected chi connectivity index (χ4v) is 3.66. The third kappa shape index (κ3) is 8.67. The van der Waals surface area contributed by atoms with Gasteiger partial charge in [0.2, 0.25) is 5.91 Å². The Labute approximate surface area is 198 Å². The lowest BCUT2D eigenvalue weighted by Crippen LogP contribution is -2.47. The van der Waals surface area contributed by atoms with E-state index in [1.807, 2.05) is 19.1 Å². The van der Waals surface area contributed by atoms with E-state index in [1.54, 1.807) is 0 Å². The van der Waals surface area contributed by atoms with E-state index in [9.17, 15) is 9.90 Å². The number of amides is 1. The van der Waals surface area contributed by atoms with E-state index in [0.717, 1.165) is 56.0 Å². The summed E-state index contributed by atoms with van der Waals surface area (Å²) in [5, 5.41) is 20.2. The molecule has 1 aromatic rings. The van der Waals surface area contributed by atoms with Crippen LogP contribution >= 0.6 is 24.0 Å². The molecule has 8 heteroatoms. The van der Waals surface area contributed by atoms with Gasteiger partial charge >= 0.3 is 0 Å². The summed E-state index contributed by atoms with van der Waals surface area (Å²) in [6, 6.07) is 8.20. The molecule has 7 nitrogen and oxygen atoms in total. The Morgan fingerprint density at radius 3 is 2.40 bits per heavy atom. The van der Waals surface area contributed by atoms with Gasteiger partial charge in [-0.2, -0.15) is 0 Å². The lowest BCUT2D eigenvalue weighted by atomic mass is 9.93. The van der Waals surface area contributed by atoms with Gasteiger partial charge in [-0.1, -0.05) is 38.8 Å². The Bertz CT molecular complexity index is 660. The molecule has 0 unspecified atom stereocenters. The molecule has 4 N–H and O–H groups in total. The van der Waals surface area contributed by atoms with Crippen molar-refractivity contribution in [3.63, 3.8) is 0 Å². The van der Waals surface area contributed by atoms with Gasteiger partial charge < -0.3 is 26.0 Å². The number of hydrogen-bond donors (Lipinski definition) is 4. The molecule has 1 aliphatic heterocycles. The van der Waals surface area contributed by atoms with E-state index in [4.69, 9.17) is 0 Å². The van der Waals surface area contributed by atoms with E-state index >= 15 is 0 Å². The first-order valence-corrected chi connectivity index (χ1v) is 10.8. The SMILES string of the molecule is CCCC(O)(CCC)CNC(=NCc1ccc(N2CCNC(=O)C2)cc1)NCC.I. The third-order valence-electron chi connectivity index (χ3n) is 5.12. The van der Waals surface area contributed by atoms with Gasteiger partial charge in [0.1, 0.15) is 0 Å². The summed E-state index contributed by atoms with van der Waals surface area (Å²) >= 11 is 0. The molecule has 30 heavy (non-hydrogen) atoms. The zero-order chi connectivity index (χ0) is 21.1. The molecule has 0 saturated carbocycles. The van der Waals surface area contributed by atoms with E-state index in [2.05, 4.69) is 51.8 Å². The monoisotopic (exact) mass is 531 g/mol. The number of aliphatic imine (C=N–C) groups is 1. The summed E-state index contributed by atoms with van der Waals surface area (Å²) in [6.07, 6.45) is 3.47. The minimum atomic E-state index is -0.692. The van der Waals surface area contributed by atoms with Crippen molar-refractivity contribution in [1.82, 2.24) is 16.0 Å². The van der Waals surface area contributed by atoms with Crippen LogP contribution in [0.25, 0.3) is 0 Å². The van der Waals surface area contributed by atoms with Crippen molar-refractivity contribution in [2.75, 3.05) is 37.6 Å². The fourth-order valence-electron chi connectivity index (χ4n) is 3.66. The Morgan fingerprint density at radius 1 is 1.17 bits per heavy atom. The highest BCUT2D eigenvalue weighted by molar-refractivity contribution is 14.0. The second-order valence-electron chi connectivity index (χ2n) is 7.71. The first-order chi connectivity index (χ1) is 14.0. The maximum Gasteiger partial charge on any atom is 0.239 e. The summed E-state index contributed by atoms with van der Waals surface area (Å²) < 4.78 is 0. The van der Waals surface area contributed by atoms with Crippen LogP contribution in [-0.2, 0) is 11.3 Å². The standard InChI is InChI=1S/C22H37N5O2.HI/c1-4-11-22(29,12-5-2)17-26-21(23-6-3)25-15-18-7-9-19(10-8-18)27-14-13-24-20(28)16-27;/h7-10,29H,4-6,11-17H2,1-3H3,(H,24,28)(H2,23,25,26);1H. The molecule has 1 aliphatic rings. The predicted molar refractivity (Wildman–Crippen MR) is 135 cm³/mol. The van der Waals surface area contributed by atoms with Crippen molar-refractivity contribution in [2.24, 2.45) is 4.99 Å². The van der Waals surface area contributed by atoms with E-state index in [1.165, 1.54) is 0 Å². The second-order valence-corrected chi connectivity index (χ2v) is 7.71. The number of anilines is 1. The molecule has 1 aromatic carbocycles. The van der Waals surface area contributed by atoms with Gasteiger partial charge in [0, 0.05) is 31.9 Å². The Hall–Kier alpha value is -1.55. The Balaban J connectivity index is 0.00000450. The minimum absolute atomic E-state index is 0. The van der Waals surface area contributed by atoms with Crippen molar-refractivity contribution in [3.05, 3.63) is 29.8 Å². The van der Waals surface area contributed by atoms with Crippen molar-refractivity contribution in [1.29, 1.82) is 0 Å². The topological polar surface area (TPSA) is 89.0 Å². The van der Waals surface area contributed by atoms with Crippen LogP contribution in [0, 0.1) is 0 Å². The Morgan fingerprint density at radius 2 is 1.83 bits per heavy atom. The molecular weight excluding hydrogens is 493 g/mol. The average Bonchev–Trinajstić information content (AvgIpc) is 2.71. The molecule has 0 atom stereocenters. The summed E-state index contributed by atoms with van der Waals surface area (Å²) in [5.41, 5.74) is 1.47. The number of nitrogens with one attached hydrogen (secondary N) is 3. The van der Waals surface area contributed by atoms with Crippen LogP contribution in [0.2, 0.25) is 0 Å². The number of guanidine groups is 1. The normalized spacial score (nSPS) is 14.7. The number of carbonyl (C=O) groups is 1. The van der Waals surface area contributed by atoms with Gasteiger partial charge in [-0.25, -0.2) is 4.99 Å². The number of rotatable bonds is 10. The van der Waals surface area contributed by atoms with Crippen LogP contribution in [0.4, 0.5) is 5.69 Å². The molecule has 0 radical (unpaired) electrons. The van der Waals surface area contributed by atoms with E-state index in [-0.39, 0.29) is 29.9 Å². The lowest BCUT2D eigenvalue weighted by Gasteiger charge is -2.29. The number of halogens is 1. The van der Waals surface area contributed by atoms with Crippen LogP contribution in [0.1, 0.15) is 52.0 Å². The van der Waals surface area contributed by atoms with Gasteiger partial charge in [-0.05, 0) is 37.5 Å². The van der Waals surface area contributed by atoms with Crippen LogP contribution < -0.4 is 20.9 Å². The van der Waals surface area contributed by atoms with Gasteiger partial charge in [-0.3, -0.25) is 4.79 Å². The predicted octanol–water partition coefficient (Wildman–Crippen LogP) is 2.63. The first-order valence-electron chi connectivity index (χ1n) is 10.8. The molecule has 1 amide bonds. The zero-order valence-corrected chi connectivity index (χ0v) is 20.9. The molecule has 0 bridgehead atoms. The van der Waals surface area contributed by atoms with Crippen LogP contribution in [0.5, 0.6) is 0 Å². The third-order valence-corrected chi connectivity index (χ3v) is 5.12. The molecule has 0 spiro atoms. The number of nitrogens with zero attached hydrogens (tertiary/aromatic N) is 2. The van der Waals surface area contributed by atoms with Crippen LogP contribution in [0.15, 0.2) is 29.3 Å². The molecule has 1 heterocycles. The molecule has 2 rings (SSSR count). The smallest absolute Gasteiger partial charge is 0.239 e. The minimum Gasteiger partial charge on any atom is -0.388 e. The highest BCUT2D eigenvalue weighted by Gasteiger charge is 2.25. The Kier molecular flexibility index (Phi) is 12.1. The van der Waals surface area contributed by atoms with Gasteiger partial charge in [-0.15, -0.1) is 24.0 Å². The van der Waals surface area contributed by atoms with Crippen molar-refractivity contribution in [3.8, 4) is 0 Å². The number of carbonyl (C=O) groups excluding carboxylic acids is 1. The average molecular weight is 531 g/mol. The van der Waals surface area contributed by atoms with Gasteiger partial charge in [0.15, 0.2) is 5.96 Å². The zero-order valence-electron chi connectivity index (χ0n) is 18.5. The van der Waals surface area contributed by atoms with Gasteiger partial charge in [0.25, 0.3) is 0 Å². The van der Waals surface area contributed by atoms with Crippen molar-refractivity contribution >= 4 is 41.5 Å². The number of aliphatic hydroxyl groups is 1. The molecular formula is C22H38IN5O2. The summed E-state index contributed by atoms with van der Waals surface area (Å²) in [6.45, 7) is 9.96. The largest absolute Gasteiger partial charge is 0.388 e.